The third kappa shape index (κ3) is 3.76. The molecule has 0 aromatic rings. The van der Waals surface area contributed by atoms with Gasteiger partial charge < -0.3 is 14.8 Å². The van der Waals surface area contributed by atoms with Gasteiger partial charge in [0.05, 0.1) is 13.2 Å². The van der Waals surface area contributed by atoms with Gasteiger partial charge in [0.25, 0.3) is 0 Å². The first-order valence-electron chi connectivity index (χ1n) is 6.19. The highest BCUT2D eigenvalue weighted by Crippen LogP contribution is 2.17. The fourth-order valence-corrected chi connectivity index (χ4v) is 2.00. The van der Waals surface area contributed by atoms with Crippen LogP contribution in [0.1, 0.15) is 33.6 Å². The molecule has 16 heavy (non-hydrogen) atoms. The summed E-state index contributed by atoms with van der Waals surface area (Å²) >= 11 is 0. The topological polar surface area (TPSA) is 47.6 Å². The standard InChI is InChI=1S/C12H23NO3/c1-4-11(12(14)16-5-2)13-9(3)10-6-7-15-8-10/h9-11,13H,4-8H2,1-3H3. The van der Waals surface area contributed by atoms with Crippen LogP contribution >= 0.6 is 0 Å². The number of carbonyl (C=O) groups excluding carboxylic acids is 1. The van der Waals surface area contributed by atoms with Gasteiger partial charge in [-0.15, -0.1) is 0 Å². The van der Waals surface area contributed by atoms with Gasteiger partial charge in [0.1, 0.15) is 6.04 Å². The van der Waals surface area contributed by atoms with E-state index in [1.165, 1.54) is 0 Å². The first-order chi connectivity index (χ1) is 7.69. The SMILES string of the molecule is CCOC(=O)C(CC)NC(C)C1CCOC1. The van der Waals surface area contributed by atoms with Crippen molar-refractivity contribution in [2.45, 2.75) is 45.7 Å². The summed E-state index contributed by atoms with van der Waals surface area (Å²) in [5.41, 5.74) is 0. The molecule has 0 bridgehead atoms. The Kier molecular flexibility index (Phi) is 5.77. The molecule has 94 valence electrons. The van der Waals surface area contributed by atoms with E-state index >= 15 is 0 Å². The molecule has 0 radical (unpaired) electrons. The van der Waals surface area contributed by atoms with Crippen LogP contribution in [-0.2, 0) is 14.3 Å². The summed E-state index contributed by atoms with van der Waals surface area (Å²) in [6, 6.07) is 0.118. The molecule has 0 aromatic carbocycles. The van der Waals surface area contributed by atoms with Gasteiger partial charge in [-0.1, -0.05) is 6.92 Å². The van der Waals surface area contributed by atoms with Gasteiger partial charge in [-0.2, -0.15) is 0 Å². The largest absolute Gasteiger partial charge is 0.465 e. The Morgan fingerprint density at radius 2 is 2.31 bits per heavy atom. The molecule has 3 unspecified atom stereocenters. The zero-order valence-electron chi connectivity index (χ0n) is 10.5. The van der Waals surface area contributed by atoms with Crippen molar-refractivity contribution in [2.24, 2.45) is 5.92 Å². The second-order valence-corrected chi connectivity index (χ2v) is 4.29. The van der Waals surface area contributed by atoms with E-state index in [4.69, 9.17) is 9.47 Å². The van der Waals surface area contributed by atoms with Crippen molar-refractivity contribution in [1.29, 1.82) is 0 Å². The van der Waals surface area contributed by atoms with Crippen molar-refractivity contribution in [3.8, 4) is 0 Å². The molecule has 1 heterocycles. The molecular formula is C12H23NO3. The van der Waals surface area contributed by atoms with E-state index in [-0.39, 0.29) is 12.0 Å². The van der Waals surface area contributed by atoms with Gasteiger partial charge >= 0.3 is 5.97 Å². The zero-order valence-corrected chi connectivity index (χ0v) is 10.5. The third-order valence-electron chi connectivity index (χ3n) is 3.12. The summed E-state index contributed by atoms with van der Waals surface area (Å²) < 4.78 is 10.4. The normalized spacial score (nSPS) is 24.1. The Labute approximate surface area is 97.7 Å². The van der Waals surface area contributed by atoms with Gasteiger partial charge in [0.2, 0.25) is 0 Å². The monoisotopic (exact) mass is 229 g/mol. The smallest absolute Gasteiger partial charge is 0.323 e. The van der Waals surface area contributed by atoms with Gasteiger partial charge in [-0.25, -0.2) is 0 Å². The highest BCUT2D eigenvalue weighted by Gasteiger charge is 2.26. The van der Waals surface area contributed by atoms with Crippen molar-refractivity contribution < 1.29 is 14.3 Å². The molecule has 3 atom stereocenters. The molecule has 0 saturated carbocycles. The molecule has 1 saturated heterocycles. The summed E-state index contributed by atoms with van der Waals surface area (Å²) in [5.74, 6) is 0.374. The molecule has 4 heteroatoms. The number of hydrogen-bond acceptors (Lipinski definition) is 4. The van der Waals surface area contributed by atoms with E-state index in [0.29, 0.717) is 18.6 Å². The van der Waals surface area contributed by atoms with Gasteiger partial charge in [-0.3, -0.25) is 4.79 Å². The summed E-state index contributed by atoms with van der Waals surface area (Å²) in [5, 5.41) is 3.34. The third-order valence-corrected chi connectivity index (χ3v) is 3.12. The van der Waals surface area contributed by atoms with Crippen LogP contribution in [-0.4, -0.2) is 37.9 Å². The number of nitrogens with one attached hydrogen (secondary N) is 1. The first-order valence-corrected chi connectivity index (χ1v) is 6.19. The highest BCUT2D eigenvalue weighted by molar-refractivity contribution is 5.75. The maximum atomic E-state index is 11.6. The van der Waals surface area contributed by atoms with E-state index in [1.807, 2.05) is 13.8 Å². The predicted molar refractivity (Wildman–Crippen MR) is 62.2 cm³/mol. The number of hydrogen-bond donors (Lipinski definition) is 1. The van der Waals surface area contributed by atoms with E-state index in [9.17, 15) is 4.79 Å². The average Bonchev–Trinajstić information content (AvgIpc) is 2.79. The maximum absolute atomic E-state index is 11.6. The predicted octanol–water partition coefficient (Wildman–Crippen LogP) is 1.34. The first kappa shape index (κ1) is 13.5. The lowest BCUT2D eigenvalue weighted by atomic mass is 9.99. The number of ether oxygens (including phenoxy) is 2. The Balaban J connectivity index is 2.39. The van der Waals surface area contributed by atoms with Crippen LogP contribution in [0.25, 0.3) is 0 Å². The molecule has 0 spiro atoms. The van der Waals surface area contributed by atoms with E-state index in [1.54, 1.807) is 0 Å². The number of esters is 1. The molecule has 1 aliphatic heterocycles. The molecule has 0 aliphatic carbocycles. The average molecular weight is 229 g/mol. The molecule has 1 rings (SSSR count). The minimum atomic E-state index is -0.185. The second-order valence-electron chi connectivity index (χ2n) is 4.29. The van der Waals surface area contributed by atoms with Gasteiger partial charge in [0.15, 0.2) is 0 Å². The van der Waals surface area contributed by atoms with E-state index in [0.717, 1.165) is 26.1 Å². The minimum Gasteiger partial charge on any atom is -0.465 e. The summed E-state index contributed by atoms with van der Waals surface area (Å²) in [6.07, 6.45) is 1.84. The molecule has 1 N–H and O–H groups in total. The summed E-state index contributed by atoms with van der Waals surface area (Å²) in [4.78, 5) is 11.6. The fraction of sp³-hybridized carbons (Fsp3) is 0.917. The van der Waals surface area contributed by atoms with Crippen LogP contribution in [0.3, 0.4) is 0 Å². The van der Waals surface area contributed by atoms with Crippen LogP contribution in [0.5, 0.6) is 0 Å². The molecule has 0 amide bonds. The van der Waals surface area contributed by atoms with Gasteiger partial charge in [-0.05, 0) is 32.6 Å². The Morgan fingerprint density at radius 1 is 1.56 bits per heavy atom. The van der Waals surface area contributed by atoms with Crippen molar-refractivity contribution >= 4 is 5.97 Å². The van der Waals surface area contributed by atoms with Crippen LogP contribution in [0.4, 0.5) is 0 Å². The van der Waals surface area contributed by atoms with E-state index in [2.05, 4.69) is 12.2 Å². The Morgan fingerprint density at radius 3 is 2.81 bits per heavy atom. The molecule has 1 aliphatic rings. The van der Waals surface area contributed by atoms with Crippen molar-refractivity contribution in [1.82, 2.24) is 5.32 Å². The van der Waals surface area contributed by atoms with Gasteiger partial charge in [0, 0.05) is 12.6 Å². The van der Waals surface area contributed by atoms with Crippen molar-refractivity contribution in [3.05, 3.63) is 0 Å². The fourth-order valence-electron chi connectivity index (χ4n) is 2.00. The summed E-state index contributed by atoms with van der Waals surface area (Å²) in [7, 11) is 0. The lowest BCUT2D eigenvalue weighted by Crippen LogP contribution is -2.45. The number of carbonyl (C=O) groups is 1. The lowest BCUT2D eigenvalue weighted by Gasteiger charge is -2.24. The molecule has 4 nitrogen and oxygen atoms in total. The van der Waals surface area contributed by atoms with Crippen molar-refractivity contribution in [3.63, 3.8) is 0 Å². The lowest BCUT2D eigenvalue weighted by molar-refractivity contribution is -0.146. The summed E-state index contributed by atoms with van der Waals surface area (Å²) in [6.45, 7) is 8.02. The molecule has 1 fully saturated rings. The number of rotatable bonds is 6. The van der Waals surface area contributed by atoms with Crippen LogP contribution in [0.2, 0.25) is 0 Å². The van der Waals surface area contributed by atoms with Crippen molar-refractivity contribution in [2.75, 3.05) is 19.8 Å². The zero-order chi connectivity index (χ0) is 12.0. The van der Waals surface area contributed by atoms with Crippen LogP contribution in [0, 0.1) is 5.92 Å². The highest BCUT2D eigenvalue weighted by atomic mass is 16.5. The minimum absolute atomic E-state index is 0.143. The maximum Gasteiger partial charge on any atom is 0.323 e. The molecule has 0 aromatic heterocycles. The Hall–Kier alpha value is -0.610. The molecular weight excluding hydrogens is 206 g/mol. The van der Waals surface area contributed by atoms with E-state index < -0.39 is 0 Å². The quantitative estimate of drug-likeness (QED) is 0.698. The van der Waals surface area contributed by atoms with Crippen LogP contribution in [0.15, 0.2) is 0 Å². The Bertz CT molecular complexity index is 214. The second kappa shape index (κ2) is 6.86. The van der Waals surface area contributed by atoms with Crippen LogP contribution < -0.4 is 5.32 Å².